The first-order valence-electron chi connectivity index (χ1n) is 10.1. The van der Waals surface area contributed by atoms with E-state index in [1.807, 2.05) is 24.3 Å². The Bertz CT molecular complexity index is 921. The van der Waals surface area contributed by atoms with E-state index >= 15 is 0 Å². The highest BCUT2D eigenvalue weighted by molar-refractivity contribution is 7.89. The monoisotopic (exact) mass is 432 g/mol. The predicted octanol–water partition coefficient (Wildman–Crippen LogP) is 2.52. The van der Waals surface area contributed by atoms with Gasteiger partial charge in [0.25, 0.3) is 5.91 Å². The Labute approximate surface area is 177 Å². The highest BCUT2D eigenvalue weighted by atomic mass is 32.2. The average Bonchev–Trinajstić information content (AvgIpc) is 3.29. The van der Waals surface area contributed by atoms with Crippen molar-refractivity contribution in [1.29, 1.82) is 0 Å². The molecule has 0 radical (unpaired) electrons. The van der Waals surface area contributed by atoms with Crippen LogP contribution in [0.25, 0.3) is 0 Å². The van der Waals surface area contributed by atoms with E-state index in [2.05, 4.69) is 10.0 Å². The molecule has 8 heteroatoms. The number of hydrogen-bond acceptors (Lipinski definition) is 5. The number of aryl methyl sites for hydroxylation is 1. The summed E-state index contributed by atoms with van der Waals surface area (Å²) in [6.07, 6.45) is 3.40. The summed E-state index contributed by atoms with van der Waals surface area (Å²) < 4.78 is 37.9. The molecule has 7 nitrogen and oxygen atoms in total. The third-order valence-corrected chi connectivity index (χ3v) is 6.48. The number of hydrogen-bond donors (Lipinski definition) is 2. The van der Waals surface area contributed by atoms with E-state index in [1.165, 1.54) is 29.8 Å². The number of benzene rings is 2. The van der Waals surface area contributed by atoms with Crippen molar-refractivity contribution >= 4 is 15.9 Å². The summed E-state index contributed by atoms with van der Waals surface area (Å²) in [6.45, 7) is 1.48. The lowest BCUT2D eigenvalue weighted by Crippen LogP contribution is -2.32. The fraction of sp³-hybridized carbons (Fsp3) is 0.409. The topological polar surface area (TPSA) is 93.7 Å². The van der Waals surface area contributed by atoms with Crippen LogP contribution in [-0.4, -0.2) is 47.2 Å². The molecule has 1 unspecified atom stereocenters. The SMILES string of the molecule is COc1ccc(CCCNC(=O)c2ccc(S(=O)(=O)NCC3CCCO3)cc2)cc1. The molecule has 1 aliphatic rings. The maximum absolute atomic E-state index is 12.4. The van der Waals surface area contributed by atoms with Crippen LogP contribution in [0.2, 0.25) is 0 Å². The van der Waals surface area contributed by atoms with Gasteiger partial charge in [0.05, 0.1) is 18.1 Å². The van der Waals surface area contributed by atoms with Crippen molar-refractivity contribution in [2.24, 2.45) is 0 Å². The quantitative estimate of drug-likeness (QED) is 0.563. The number of carbonyl (C=O) groups is 1. The van der Waals surface area contributed by atoms with Gasteiger partial charge in [0.2, 0.25) is 10.0 Å². The van der Waals surface area contributed by atoms with Gasteiger partial charge in [-0.2, -0.15) is 0 Å². The Hall–Kier alpha value is -2.42. The van der Waals surface area contributed by atoms with Gasteiger partial charge in [0.1, 0.15) is 5.75 Å². The van der Waals surface area contributed by atoms with E-state index in [4.69, 9.17) is 9.47 Å². The highest BCUT2D eigenvalue weighted by Crippen LogP contribution is 2.15. The average molecular weight is 433 g/mol. The van der Waals surface area contributed by atoms with Crippen LogP contribution < -0.4 is 14.8 Å². The molecule has 1 amide bonds. The Kier molecular flexibility index (Phi) is 7.84. The van der Waals surface area contributed by atoms with Crippen LogP contribution in [0.4, 0.5) is 0 Å². The first kappa shape index (κ1) is 22.3. The first-order chi connectivity index (χ1) is 14.5. The second-order valence-corrected chi connectivity index (χ2v) is 8.99. The lowest BCUT2D eigenvalue weighted by molar-refractivity contribution is 0.0953. The molecule has 0 aliphatic carbocycles. The largest absolute Gasteiger partial charge is 0.497 e. The lowest BCUT2D eigenvalue weighted by Gasteiger charge is -2.12. The highest BCUT2D eigenvalue weighted by Gasteiger charge is 2.20. The van der Waals surface area contributed by atoms with Crippen molar-refractivity contribution < 1.29 is 22.7 Å². The zero-order chi connectivity index (χ0) is 21.4. The van der Waals surface area contributed by atoms with Gasteiger partial charge in [-0.3, -0.25) is 4.79 Å². The molecule has 2 aromatic carbocycles. The lowest BCUT2D eigenvalue weighted by atomic mass is 10.1. The Morgan fingerprint density at radius 1 is 1.13 bits per heavy atom. The number of amides is 1. The van der Waals surface area contributed by atoms with Gasteiger partial charge >= 0.3 is 0 Å². The van der Waals surface area contributed by atoms with Gasteiger partial charge in [0, 0.05) is 25.3 Å². The molecule has 1 aliphatic heterocycles. The summed E-state index contributed by atoms with van der Waals surface area (Å²) >= 11 is 0. The second kappa shape index (κ2) is 10.6. The minimum absolute atomic E-state index is 0.0669. The van der Waals surface area contributed by atoms with Crippen LogP contribution in [-0.2, 0) is 21.2 Å². The molecule has 2 N–H and O–H groups in total. The fourth-order valence-electron chi connectivity index (χ4n) is 3.27. The summed E-state index contributed by atoms with van der Waals surface area (Å²) in [7, 11) is -1.98. The molecular weight excluding hydrogens is 404 g/mol. The van der Waals surface area contributed by atoms with E-state index in [1.54, 1.807) is 7.11 Å². The van der Waals surface area contributed by atoms with Crippen molar-refractivity contribution in [3.8, 4) is 5.75 Å². The van der Waals surface area contributed by atoms with Crippen molar-refractivity contribution in [3.63, 3.8) is 0 Å². The number of carbonyl (C=O) groups excluding carboxylic acids is 1. The predicted molar refractivity (Wildman–Crippen MR) is 114 cm³/mol. The summed E-state index contributed by atoms with van der Waals surface area (Å²) in [5.74, 6) is 0.598. The molecule has 162 valence electrons. The smallest absolute Gasteiger partial charge is 0.251 e. The number of methoxy groups -OCH3 is 1. The third kappa shape index (κ3) is 6.29. The summed E-state index contributed by atoms with van der Waals surface area (Å²) in [4.78, 5) is 12.4. The maximum Gasteiger partial charge on any atom is 0.251 e. The second-order valence-electron chi connectivity index (χ2n) is 7.22. The van der Waals surface area contributed by atoms with Crippen LogP contribution in [0.5, 0.6) is 5.75 Å². The number of sulfonamides is 1. The van der Waals surface area contributed by atoms with Crippen LogP contribution in [0, 0.1) is 0 Å². The van der Waals surface area contributed by atoms with Crippen molar-refractivity contribution in [1.82, 2.24) is 10.0 Å². The molecule has 2 aromatic rings. The molecule has 1 saturated heterocycles. The minimum Gasteiger partial charge on any atom is -0.497 e. The van der Waals surface area contributed by atoms with Gasteiger partial charge in [-0.25, -0.2) is 13.1 Å². The molecule has 30 heavy (non-hydrogen) atoms. The van der Waals surface area contributed by atoms with Crippen molar-refractivity contribution in [2.45, 2.75) is 36.7 Å². The minimum atomic E-state index is -3.62. The number of rotatable bonds is 10. The molecule has 3 rings (SSSR count). The van der Waals surface area contributed by atoms with Crippen LogP contribution in [0.1, 0.15) is 35.2 Å². The van der Waals surface area contributed by atoms with Crippen LogP contribution in [0.3, 0.4) is 0 Å². The molecule has 0 aromatic heterocycles. The van der Waals surface area contributed by atoms with Gasteiger partial charge in [-0.15, -0.1) is 0 Å². The Morgan fingerprint density at radius 2 is 1.87 bits per heavy atom. The molecule has 0 spiro atoms. The van der Waals surface area contributed by atoms with E-state index in [0.29, 0.717) is 18.7 Å². The number of nitrogens with one attached hydrogen (secondary N) is 2. The Morgan fingerprint density at radius 3 is 2.50 bits per heavy atom. The van der Waals surface area contributed by atoms with Gasteiger partial charge in [0.15, 0.2) is 0 Å². The molecule has 1 heterocycles. The van der Waals surface area contributed by atoms with E-state index in [-0.39, 0.29) is 23.5 Å². The molecule has 0 saturated carbocycles. The fourth-order valence-corrected chi connectivity index (χ4v) is 4.33. The Balaban J connectivity index is 1.44. The zero-order valence-corrected chi connectivity index (χ0v) is 17.9. The van der Waals surface area contributed by atoms with E-state index in [0.717, 1.165) is 31.4 Å². The standard InChI is InChI=1S/C22H28N2O5S/c1-28-19-10-6-17(7-11-19)4-2-14-23-22(25)18-8-12-21(13-9-18)30(26,27)24-16-20-5-3-15-29-20/h6-13,20,24H,2-5,14-16H2,1H3,(H,23,25). The molecular formula is C22H28N2O5S. The van der Waals surface area contributed by atoms with Gasteiger partial charge < -0.3 is 14.8 Å². The van der Waals surface area contributed by atoms with Gasteiger partial charge in [-0.1, -0.05) is 12.1 Å². The van der Waals surface area contributed by atoms with Crippen LogP contribution >= 0.6 is 0 Å². The van der Waals surface area contributed by atoms with E-state index in [9.17, 15) is 13.2 Å². The summed E-state index contributed by atoms with van der Waals surface area (Å²) in [5.41, 5.74) is 1.60. The maximum atomic E-state index is 12.4. The summed E-state index contributed by atoms with van der Waals surface area (Å²) in [6, 6.07) is 13.8. The molecule has 1 fully saturated rings. The normalized spacial score (nSPS) is 16.4. The van der Waals surface area contributed by atoms with E-state index < -0.39 is 10.0 Å². The first-order valence-corrected chi connectivity index (χ1v) is 11.6. The molecule has 0 bridgehead atoms. The molecule has 1 atom stereocenters. The summed E-state index contributed by atoms with van der Waals surface area (Å²) in [5, 5.41) is 2.87. The van der Waals surface area contributed by atoms with Crippen molar-refractivity contribution in [3.05, 3.63) is 59.7 Å². The zero-order valence-electron chi connectivity index (χ0n) is 17.1. The number of ether oxygens (including phenoxy) is 2. The van der Waals surface area contributed by atoms with Crippen molar-refractivity contribution in [2.75, 3.05) is 26.8 Å². The van der Waals surface area contributed by atoms with Crippen LogP contribution in [0.15, 0.2) is 53.4 Å². The van der Waals surface area contributed by atoms with Gasteiger partial charge in [-0.05, 0) is 67.6 Å². The third-order valence-electron chi connectivity index (χ3n) is 5.04.